The van der Waals surface area contributed by atoms with Crippen LogP contribution in [0.3, 0.4) is 0 Å². The first-order valence-electron chi connectivity index (χ1n) is 26.1. The molecule has 0 radical (unpaired) electrons. The number of carbonyl (C=O) groups is 2. The molecule has 0 aromatic rings. The number of aliphatic hydroxyl groups is 7. The zero-order chi connectivity index (χ0) is 48.9. The van der Waals surface area contributed by atoms with Crippen molar-refractivity contribution in [3.63, 3.8) is 0 Å². The van der Waals surface area contributed by atoms with Crippen LogP contribution in [-0.2, 0) is 38.0 Å². The lowest BCUT2D eigenvalue weighted by Crippen LogP contribution is -2.61. The van der Waals surface area contributed by atoms with Crippen LogP contribution >= 0.6 is 0 Å². The van der Waals surface area contributed by atoms with Crippen LogP contribution in [0.5, 0.6) is 0 Å². The summed E-state index contributed by atoms with van der Waals surface area (Å²) in [5, 5.41) is 72.1. The number of esters is 2. The van der Waals surface area contributed by atoms with Gasteiger partial charge in [-0.3, -0.25) is 9.59 Å². The minimum absolute atomic E-state index is 0.148. The lowest BCUT2D eigenvalue weighted by molar-refractivity contribution is -0.332. The standard InChI is InChI=1S/C52H92O15/c1-3-5-7-9-11-13-15-17-19-20-21-23-24-26-28-30-32-34-43(54)62-37-40(65-44(55)35-33-31-29-27-25-22-18-16-14-12-10-8-6-4-2)38-63-51-50(61)48(59)46(57)42(67-51)39-64-52-49(60)47(58)45(56)41(36-53)66-52/h10,12,16-19,40-42,45-53,56-61H,3-9,11,13-15,20-39H2,1-2H3/b12-10-,18-16-,19-17-. The van der Waals surface area contributed by atoms with Gasteiger partial charge in [0.25, 0.3) is 0 Å². The number of unbranched alkanes of at least 4 members (excludes halogenated alkanes) is 20. The molecule has 15 nitrogen and oxygen atoms in total. The van der Waals surface area contributed by atoms with Crippen LogP contribution in [0.15, 0.2) is 36.5 Å². The van der Waals surface area contributed by atoms with Crippen LogP contribution in [0, 0.1) is 0 Å². The van der Waals surface area contributed by atoms with E-state index < -0.39 is 92.7 Å². The van der Waals surface area contributed by atoms with Crippen molar-refractivity contribution in [1.82, 2.24) is 0 Å². The van der Waals surface area contributed by atoms with Crippen molar-refractivity contribution in [3.05, 3.63) is 36.5 Å². The van der Waals surface area contributed by atoms with Gasteiger partial charge in [-0.15, -0.1) is 0 Å². The molecule has 0 amide bonds. The number of hydrogen-bond acceptors (Lipinski definition) is 15. The van der Waals surface area contributed by atoms with Crippen LogP contribution < -0.4 is 0 Å². The van der Waals surface area contributed by atoms with Crippen LogP contribution in [0.25, 0.3) is 0 Å². The molecule has 15 heteroatoms. The number of aliphatic hydroxyl groups excluding tert-OH is 7. The molecule has 2 aliphatic heterocycles. The van der Waals surface area contributed by atoms with Crippen molar-refractivity contribution in [1.29, 1.82) is 0 Å². The molecule has 11 unspecified atom stereocenters. The highest BCUT2D eigenvalue weighted by Gasteiger charge is 2.47. The average molecular weight is 957 g/mol. The van der Waals surface area contributed by atoms with Gasteiger partial charge in [-0.25, -0.2) is 0 Å². The number of rotatable bonds is 40. The Morgan fingerprint density at radius 3 is 1.45 bits per heavy atom. The highest BCUT2D eigenvalue weighted by atomic mass is 16.7. The summed E-state index contributed by atoms with van der Waals surface area (Å²) in [4.78, 5) is 25.8. The van der Waals surface area contributed by atoms with Gasteiger partial charge in [0.2, 0.25) is 0 Å². The van der Waals surface area contributed by atoms with E-state index in [1.165, 1.54) is 77.0 Å². The smallest absolute Gasteiger partial charge is 0.306 e. The van der Waals surface area contributed by atoms with E-state index >= 15 is 0 Å². The van der Waals surface area contributed by atoms with E-state index in [-0.39, 0.29) is 26.1 Å². The number of hydrogen-bond donors (Lipinski definition) is 7. The van der Waals surface area contributed by atoms with Crippen molar-refractivity contribution in [2.45, 2.75) is 255 Å². The van der Waals surface area contributed by atoms with Gasteiger partial charge in [-0.05, 0) is 64.2 Å². The molecule has 2 aliphatic rings. The number of carbonyl (C=O) groups excluding carboxylic acids is 2. The topological polar surface area (TPSA) is 231 Å². The fourth-order valence-electron chi connectivity index (χ4n) is 7.99. The first kappa shape index (κ1) is 60.8. The van der Waals surface area contributed by atoms with E-state index in [1.54, 1.807) is 0 Å². The van der Waals surface area contributed by atoms with E-state index in [0.29, 0.717) is 12.8 Å². The molecule has 11 atom stereocenters. The summed E-state index contributed by atoms with van der Waals surface area (Å²) < 4.78 is 33.6. The largest absolute Gasteiger partial charge is 0.462 e. The Morgan fingerprint density at radius 1 is 0.478 bits per heavy atom. The second-order valence-electron chi connectivity index (χ2n) is 18.3. The fourth-order valence-corrected chi connectivity index (χ4v) is 7.99. The van der Waals surface area contributed by atoms with Crippen molar-refractivity contribution in [3.8, 4) is 0 Å². The Bertz CT molecular complexity index is 1310. The Morgan fingerprint density at radius 2 is 0.910 bits per heavy atom. The maximum Gasteiger partial charge on any atom is 0.306 e. The molecular weight excluding hydrogens is 865 g/mol. The average Bonchev–Trinajstić information content (AvgIpc) is 3.32. The summed E-state index contributed by atoms with van der Waals surface area (Å²) >= 11 is 0. The second kappa shape index (κ2) is 39.4. The molecule has 2 rings (SSSR count). The quantitative estimate of drug-likeness (QED) is 0.0181. The number of allylic oxidation sites excluding steroid dienone is 6. The molecule has 0 saturated carbocycles. The van der Waals surface area contributed by atoms with E-state index in [0.717, 1.165) is 70.6 Å². The Hall–Kier alpha value is -2.28. The van der Waals surface area contributed by atoms with Gasteiger partial charge in [0, 0.05) is 12.8 Å². The van der Waals surface area contributed by atoms with Gasteiger partial charge in [0.1, 0.15) is 55.4 Å². The second-order valence-corrected chi connectivity index (χ2v) is 18.3. The third-order valence-corrected chi connectivity index (χ3v) is 12.3. The summed E-state index contributed by atoms with van der Waals surface area (Å²) in [6.45, 7) is 2.53. The Kier molecular flexibility index (Phi) is 35.8. The van der Waals surface area contributed by atoms with E-state index in [4.69, 9.17) is 28.4 Å². The third-order valence-electron chi connectivity index (χ3n) is 12.3. The first-order chi connectivity index (χ1) is 32.5. The molecular formula is C52H92O15. The molecule has 0 bridgehead atoms. The van der Waals surface area contributed by atoms with Crippen molar-refractivity contribution in [2.24, 2.45) is 0 Å². The fraction of sp³-hybridized carbons (Fsp3) is 0.846. The lowest BCUT2D eigenvalue weighted by Gasteiger charge is -2.42. The van der Waals surface area contributed by atoms with Gasteiger partial charge < -0.3 is 64.2 Å². The maximum atomic E-state index is 13.0. The van der Waals surface area contributed by atoms with Crippen LogP contribution in [0.4, 0.5) is 0 Å². The number of ether oxygens (including phenoxy) is 6. The van der Waals surface area contributed by atoms with E-state index in [9.17, 15) is 45.3 Å². The third kappa shape index (κ3) is 27.6. The van der Waals surface area contributed by atoms with Crippen molar-refractivity contribution in [2.75, 3.05) is 26.4 Å². The molecule has 67 heavy (non-hydrogen) atoms. The molecule has 2 heterocycles. The van der Waals surface area contributed by atoms with Crippen molar-refractivity contribution < 1.29 is 73.8 Å². The Balaban J connectivity index is 1.81. The molecule has 2 fully saturated rings. The Labute approximate surface area is 402 Å². The monoisotopic (exact) mass is 957 g/mol. The SMILES string of the molecule is CCCC/C=C\C/C=C\CCCCCCCC(=O)OC(COC(=O)CCCCCCCCC/C=C\CCCCCCCC)COC1OC(COC2OC(CO)C(O)C(O)C2O)C(O)C(O)C1O. The summed E-state index contributed by atoms with van der Waals surface area (Å²) in [5.41, 5.74) is 0. The van der Waals surface area contributed by atoms with Crippen LogP contribution in [-0.4, -0.2) is 142 Å². The molecule has 0 aromatic heterocycles. The van der Waals surface area contributed by atoms with Gasteiger partial charge in [0.15, 0.2) is 18.7 Å². The van der Waals surface area contributed by atoms with Gasteiger partial charge in [-0.2, -0.15) is 0 Å². The van der Waals surface area contributed by atoms with Gasteiger partial charge >= 0.3 is 11.9 Å². The van der Waals surface area contributed by atoms with Gasteiger partial charge in [0.05, 0.1) is 19.8 Å². The summed E-state index contributed by atoms with van der Waals surface area (Å²) in [6, 6.07) is 0. The molecule has 390 valence electrons. The zero-order valence-corrected chi connectivity index (χ0v) is 41.1. The summed E-state index contributed by atoms with van der Waals surface area (Å²) in [6.07, 6.45) is 24.5. The molecule has 7 N–H and O–H groups in total. The van der Waals surface area contributed by atoms with Crippen LogP contribution in [0.2, 0.25) is 0 Å². The lowest BCUT2D eigenvalue weighted by atomic mass is 9.98. The summed E-state index contributed by atoms with van der Waals surface area (Å²) in [7, 11) is 0. The maximum absolute atomic E-state index is 13.0. The zero-order valence-electron chi connectivity index (χ0n) is 41.1. The predicted octanol–water partition coefficient (Wildman–Crippen LogP) is 7.32. The molecule has 0 aromatic carbocycles. The van der Waals surface area contributed by atoms with Gasteiger partial charge in [-0.1, -0.05) is 147 Å². The van der Waals surface area contributed by atoms with Crippen molar-refractivity contribution >= 4 is 11.9 Å². The highest BCUT2D eigenvalue weighted by molar-refractivity contribution is 5.70. The normalized spacial score (nSPS) is 26.2. The minimum atomic E-state index is -1.77. The molecule has 0 spiro atoms. The predicted molar refractivity (Wildman–Crippen MR) is 257 cm³/mol. The first-order valence-corrected chi connectivity index (χ1v) is 26.1. The molecule has 0 aliphatic carbocycles. The minimum Gasteiger partial charge on any atom is -0.462 e. The summed E-state index contributed by atoms with van der Waals surface area (Å²) in [5.74, 6) is -0.944. The van der Waals surface area contributed by atoms with E-state index in [2.05, 4.69) is 50.3 Å². The van der Waals surface area contributed by atoms with Crippen LogP contribution in [0.1, 0.15) is 187 Å². The van der Waals surface area contributed by atoms with E-state index in [1.807, 2.05) is 0 Å². The molecule has 2 saturated heterocycles. The highest BCUT2D eigenvalue weighted by Crippen LogP contribution is 2.26.